The molecule has 0 spiro atoms. The van der Waals surface area contributed by atoms with E-state index in [4.69, 9.17) is 9.47 Å². The van der Waals surface area contributed by atoms with Crippen molar-refractivity contribution in [1.82, 2.24) is 4.98 Å². The summed E-state index contributed by atoms with van der Waals surface area (Å²) in [6.45, 7) is -0.263. The van der Waals surface area contributed by atoms with Crippen LogP contribution < -0.4 is 24.6 Å². The van der Waals surface area contributed by atoms with E-state index in [1.807, 2.05) is 0 Å². The first-order chi connectivity index (χ1) is 19.8. The van der Waals surface area contributed by atoms with Crippen molar-refractivity contribution in [2.24, 2.45) is 5.92 Å². The molecule has 208 valence electrons. The van der Waals surface area contributed by atoms with Gasteiger partial charge in [-0.15, -0.1) is 0 Å². The molecule has 1 aromatic heterocycles. The number of imide groups is 1. The number of ether oxygens (including phenoxy) is 2. The number of hydrogen-bond acceptors (Lipinski definition) is 8. The second-order valence-corrected chi connectivity index (χ2v) is 11.5. The van der Waals surface area contributed by atoms with Gasteiger partial charge < -0.3 is 19.8 Å². The Hall–Kier alpha value is -4.42. The number of rotatable bonds is 7. The van der Waals surface area contributed by atoms with E-state index in [0.29, 0.717) is 32.7 Å². The van der Waals surface area contributed by atoms with Crippen LogP contribution in [0.1, 0.15) is 16.4 Å². The zero-order valence-electron chi connectivity index (χ0n) is 21.5. The standard InChI is InChI=1S/C29H22FN3O6S2/c1-38-19-11-7-17(8-12-19)31-21(34)14-39-20-4-2-3-15(13-20)22-23-25(40-26-24(22)41-29(37)32-26)28(36)33(27(23)35)18-9-5-16(30)6-10-18/h2-13,22-23,25H,14H2,1H3,(H,31,34)(H,32,37)/t22-,23?,25?/m1/s1. The number of carbonyl (C=O) groups is 3. The second-order valence-electron chi connectivity index (χ2n) is 9.38. The number of aromatic nitrogens is 1. The average Bonchev–Trinajstić information content (AvgIpc) is 3.47. The van der Waals surface area contributed by atoms with E-state index in [0.717, 1.165) is 28.0 Å². The van der Waals surface area contributed by atoms with E-state index in [1.165, 1.54) is 24.3 Å². The van der Waals surface area contributed by atoms with E-state index >= 15 is 0 Å². The number of amides is 3. The number of nitrogens with one attached hydrogen (secondary N) is 2. The van der Waals surface area contributed by atoms with Crippen molar-refractivity contribution >= 4 is 52.2 Å². The van der Waals surface area contributed by atoms with Crippen LogP contribution in [0.4, 0.5) is 15.8 Å². The first-order valence-corrected chi connectivity index (χ1v) is 14.2. The number of aromatic amines is 1. The number of thioether (sulfide) groups is 1. The van der Waals surface area contributed by atoms with Crippen molar-refractivity contribution in [1.29, 1.82) is 0 Å². The smallest absolute Gasteiger partial charge is 0.305 e. The molecule has 2 aliphatic rings. The molecule has 12 heteroatoms. The number of nitrogens with zero attached hydrogens (tertiary/aromatic N) is 1. The highest BCUT2D eigenvalue weighted by molar-refractivity contribution is 8.00. The lowest BCUT2D eigenvalue weighted by molar-refractivity contribution is -0.122. The fraction of sp³-hybridized carbons (Fsp3) is 0.172. The number of methoxy groups -OCH3 is 1. The van der Waals surface area contributed by atoms with Gasteiger partial charge in [-0.1, -0.05) is 35.2 Å². The highest BCUT2D eigenvalue weighted by Gasteiger charge is 2.56. The Morgan fingerprint density at radius 1 is 1.00 bits per heavy atom. The third-order valence-electron chi connectivity index (χ3n) is 6.87. The zero-order chi connectivity index (χ0) is 28.7. The predicted octanol–water partition coefficient (Wildman–Crippen LogP) is 4.40. The maximum absolute atomic E-state index is 13.8. The minimum atomic E-state index is -0.801. The van der Waals surface area contributed by atoms with Gasteiger partial charge >= 0.3 is 4.87 Å². The molecule has 2 aliphatic heterocycles. The third-order valence-corrected chi connectivity index (χ3v) is 9.27. The topological polar surface area (TPSA) is 118 Å². The molecule has 3 aromatic carbocycles. The number of fused-ring (bicyclic) bond motifs is 2. The van der Waals surface area contributed by atoms with E-state index < -0.39 is 34.7 Å². The van der Waals surface area contributed by atoms with E-state index in [9.17, 15) is 23.6 Å². The molecule has 41 heavy (non-hydrogen) atoms. The second kappa shape index (κ2) is 10.9. The molecule has 2 N–H and O–H groups in total. The molecular weight excluding hydrogens is 569 g/mol. The third kappa shape index (κ3) is 5.11. The number of carbonyl (C=O) groups excluding carboxylic acids is 3. The molecular formula is C29H22FN3O6S2. The molecule has 3 heterocycles. The Morgan fingerprint density at radius 2 is 1.76 bits per heavy atom. The molecule has 0 radical (unpaired) electrons. The van der Waals surface area contributed by atoms with Crippen molar-refractivity contribution in [2.75, 3.05) is 23.9 Å². The monoisotopic (exact) mass is 591 g/mol. The normalized spacial score (nSPS) is 19.5. The summed E-state index contributed by atoms with van der Waals surface area (Å²) in [4.78, 5) is 56.3. The number of hydrogen-bond donors (Lipinski definition) is 2. The summed E-state index contributed by atoms with van der Waals surface area (Å²) in [5, 5.41) is 2.51. The summed E-state index contributed by atoms with van der Waals surface area (Å²) < 4.78 is 24.4. The molecule has 3 atom stereocenters. The fourth-order valence-corrected chi connectivity index (χ4v) is 7.55. The van der Waals surface area contributed by atoms with Gasteiger partial charge in [-0.05, 0) is 66.2 Å². The van der Waals surface area contributed by atoms with Crippen LogP contribution in [0.25, 0.3) is 0 Å². The van der Waals surface area contributed by atoms with Crippen LogP contribution in [-0.4, -0.2) is 41.7 Å². The van der Waals surface area contributed by atoms with Gasteiger partial charge in [-0.3, -0.25) is 19.2 Å². The highest BCUT2D eigenvalue weighted by Crippen LogP contribution is 2.53. The van der Waals surface area contributed by atoms with Gasteiger partial charge in [0.25, 0.3) is 5.91 Å². The van der Waals surface area contributed by atoms with Crippen molar-refractivity contribution in [3.05, 3.63) is 98.7 Å². The summed E-state index contributed by atoms with van der Waals surface area (Å²) in [6, 6.07) is 19.0. The van der Waals surface area contributed by atoms with Gasteiger partial charge in [0.1, 0.15) is 22.6 Å². The summed E-state index contributed by atoms with van der Waals surface area (Å²) in [5.41, 5.74) is 1.53. The van der Waals surface area contributed by atoms with E-state index in [2.05, 4.69) is 10.3 Å². The van der Waals surface area contributed by atoms with E-state index in [-0.39, 0.29) is 23.1 Å². The molecule has 3 amide bonds. The summed E-state index contributed by atoms with van der Waals surface area (Å²) in [6.07, 6.45) is 0. The molecule has 1 saturated heterocycles. The van der Waals surface area contributed by atoms with Gasteiger partial charge in [0, 0.05) is 16.5 Å². The lowest BCUT2D eigenvalue weighted by Crippen LogP contribution is -2.32. The van der Waals surface area contributed by atoms with Crippen LogP contribution in [0.2, 0.25) is 0 Å². The van der Waals surface area contributed by atoms with Gasteiger partial charge in [0.05, 0.1) is 23.7 Å². The van der Waals surface area contributed by atoms with Crippen LogP contribution in [0, 0.1) is 11.7 Å². The van der Waals surface area contributed by atoms with Gasteiger partial charge in [-0.25, -0.2) is 9.29 Å². The first-order valence-electron chi connectivity index (χ1n) is 12.5. The van der Waals surface area contributed by atoms with Crippen LogP contribution >= 0.6 is 23.1 Å². The number of anilines is 2. The lowest BCUT2D eigenvalue weighted by atomic mass is 9.83. The van der Waals surface area contributed by atoms with Crippen molar-refractivity contribution < 1.29 is 28.2 Å². The Balaban J connectivity index is 1.26. The number of halogens is 1. The fourth-order valence-electron chi connectivity index (χ4n) is 5.04. The van der Waals surface area contributed by atoms with Crippen LogP contribution in [0.15, 0.2) is 82.6 Å². The number of H-pyrrole nitrogens is 1. The Morgan fingerprint density at radius 3 is 2.49 bits per heavy atom. The first kappa shape index (κ1) is 26.8. The predicted molar refractivity (Wildman–Crippen MR) is 152 cm³/mol. The summed E-state index contributed by atoms with van der Waals surface area (Å²) in [5.74, 6) is -2.07. The minimum absolute atomic E-state index is 0.263. The van der Waals surface area contributed by atoms with Gasteiger partial charge in [0.2, 0.25) is 11.8 Å². The van der Waals surface area contributed by atoms with E-state index in [1.54, 1.807) is 55.6 Å². The quantitative estimate of drug-likeness (QED) is 0.306. The minimum Gasteiger partial charge on any atom is -0.497 e. The number of thiazole rings is 1. The molecule has 0 saturated carbocycles. The van der Waals surface area contributed by atoms with Crippen LogP contribution in [-0.2, 0) is 14.4 Å². The SMILES string of the molecule is COc1ccc(NC(=O)COc2cccc([C@H]3c4sc(=O)[nH]c4SC4C(=O)N(c5ccc(F)cc5)C(=O)C43)c2)cc1. The van der Waals surface area contributed by atoms with Crippen molar-refractivity contribution in [3.8, 4) is 11.5 Å². The largest absolute Gasteiger partial charge is 0.497 e. The summed E-state index contributed by atoms with van der Waals surface area (Å²) >= 11 is 2.15. The summed E-state index contributed by atoms with van der Waals surface area (Å²) in [7, 11) is 1.56. The zero-order valence-corrected chi connectivity index (χ0v) is 23.1. The molecule has 1 fully saturated rings. The van der Waals surface area contributed by atoms with Crippen molar-refractivity contribution in [2.45, 2.75) is 16.2 Å². The van der Waals surface area contributed by atoms with Gasteiger partial charge in [-0.2, -0.15) is 0 Å². The maximum atomic E-state index is 13.8. The highest BCUT2D eigenvalue weighted by atomic mass is 32.2. The Bertz CT molecular complexity index is 1700. The van der Waals surface area contributed by atoms with Crippen molar-refractivity contribution in [3.63, 3.8) is 0 Å². The lowest BCUT2D eigenvalue weighted by Gasteiger charge is -2.30. The number of benzene rings is 3. The maximum Gasteiger partial charge on any atom is 0.305 e. The van der Waals surface area contributed by atoms with Gasteiger partial charge in [0.15, 0.2) is 6.61 Å². The molecule has 0 bridgehead atoms. The average molecular weight is 592 g/mol. The molecule has 6 rings (SSSR count). The molecule has 0 aliphatic carbocycles. The molecule has 9 nitrogen and oxygen atoms in total. The van der Waals surface area contributed by atoms with Crippen LogP contribution in [0.3, 0.4) is 0 Å². The molecule has 2 unspecified atom stereocenters. The Labute approximate surface area is 241 Å². The molecule has 4 aromatic rings. The van der Waals surface area contributed by atoms with Crippen LogP contribution in [0.5, 0.6) is 11.5 Å². The Kier molecular flexibility index (Phi) is 7.10.